The fourth-order valence-electron chi connectivity index (χ4n) is 3.50. The van der Waals surface area contributed by atoms with Gasteiger partial charge in [-0.05, 0) is 30.7 Å². The van der Waals surface area contributed by atoms with Crippen molar-refractivity contribution in [2.75, 3.05) is 6.61 Å². The van der Waals surface area contributed by atoms with E-state index >= 15 is 0 Å². The molecular formula is C21H17ClN2O4. The zero-order valence-corrected chi connectivity index (χ0v) is 15.7. The Kier molecular flexibility index (Phi) is 4.57. The zero-order chi connectivity index (χ0) is 19.8. The zero-order valence-electron chi connectivity index (χ0n) is 15.0. The second-order valence-corrected chi connectivity index (χ2v) is 6.70. The minimum absolute atomic E-state index is 0.0585. The quantitative estimate of drug-likeness (QED) is 0.661. The van der Waals surface area contributed by atoms with Gasteiger partial charge in [-0.25, -0.2) is 4.79 Å². The molecule has 0 radical (unpaired) electrons. The smallest absolute Gasteiger partial charge is 0.340 e. The monoisotopic (exact) mass is 396 g/mol. The van der Waals surface area contributed by atoms with Crippen molar-refractivity contribution in [3.63, 3.8) is 0 Å². The molecule has 0 spiro atoms. The first-order valence-electron chi connectivity index (χ1n) is 8.76. The number of aromatic nitrogens is 1. The standard InChI is InChI=1S/C21H17ClN2O4/c1-2-27-21(26)17-15(11-7-3-5-9-13(11)22)16-18(28-19(17)23)12-8-4-6-10-14(12)24-20(16)25/h3-10,15H,2,23H2,1H3,(H,24,25)/t15-/m0/s1. The molecule has 0 bridgehead atoms. The molecule has 1 aliphatic heterocycles. The van der Waals surface area contributed by atoms with Crippen LogP contribution in [0.15, 0.2) is 64.8 Å². The number of H-pyrrole nitrogens is 1. The molecule has 142 valence electrons. The molecule has 28 heavy (non-hydrogen) atoms. The molecule has 0 saturated heterocycles. The Labute approximate surface area is 165 Å². The van der Waals surface area contributed by atoms with Gasteiger partial charge in [-0.2, -0.15) is 0 Å². The summed E-state index contributed by atoms with van der Waals surface area (Å²) in [6.07, 6.45) is 0. The number of pyridine rings is 1. The van der Waals surface area contributed by atoms with E-state index in [9.17, 15) is 9.59 Å². The highest BCUT2D eigenvalue weighted by Crippen LogP contribution is 2.45. The van der Waals surface area contributed by atoms with Gasteiger partial charge in [-0.1, -0.05) is 41.9 Å². The first-order chi connectivity index (χ1) is 13.5. The van der Waals surface area contributed by atoms with Gasteiger partial charge < -0.3 is 20.2 Å². The molecule has 0 saturated carbocycles. The average Bonchev–Trinajstić information content (AvgIpc) is 2.67. The number of hydrogen-bond acceptors (Lipinski definition) is 5. The van der Waals surface area contributed by atoms with Crippen LogP contribution >= 0.6 is 11.6 Å². The van der Waals surface area contributed by atoms with Crippen molar-refractivity contribution in [3.8, 4) is 5.75 Å². The van der Waals surface area contributed by atoms with Crippen LogP contribution < -0.4 is 16.0 Å². The Morgan fingerprint density at radius 2 is 1.93 bits per heavy atom. The van der Waals surface area contributed by atoms with Crippen molar-refractivity contribution in [2.45, 2.75) is 12.8 Å². The predicted octanol–water partition coefficient (Wildman–Crippen LogP) is 3.44. The minimum Gasteiger partial charge on any atom is -0.462 e. The Balaban J connectivity index is 2.07. The van der Waals surface area contributed by atoms with Crippen LogP contribution in [0.4, 0.5) is 0 Å². The van der Waals surface area contributed by atoms with Crippen LogP contribution in [0.25, 0.3) is 10.9 Å². The second kappa shape index (κ2) is 7.05. The number of nitrogens with two attached hydrogens (primary N) is 1. The van der Waals surface area contributed by atoms with Crippen molar-refractivity contribution in [1.29, 1.82) is 0 Å². The maximum atomic E-state index is 13.0. The molecule has 1 aromatic heterocycles. The highest BCUT2D eigenvalue weighted by Gasteiger charge is 2.39. The molecule has 0 fully saturated rings. The van der Waals surface area contributed by atoms with E-state index in [0.717, 1.165) is 0 Å². The normalized spacial score (nSPS) is 15.9. The molecule has 0 amide bonds. The predicted molar refractivity (Wildman–Crippen MR) is 106 cm³/mol. The number of esters is 1. The van der Waals surface area contributed by atoms with Gasteiger partial charge in [0.15, 0.2) is 0 Å². The van der Waals surface area contributed by atoms with E-state index in [2.05, 4.69) is 4.98 Å². The van der Waals surface area contributed by atoms with Crippen LogP contribution in [-0.4, -0.2) is 17.6 Å². The van der Waals surface area contributed by atoms with Gasteiger partial charge in [-0.3, -0.25) is 4.79 Å². The van der Waals surface area contributed by atoms with Crippen molar-refractivity contribution in [3.05, 3.63) is 86.5 Å². The molecule has 2 aromatic carbocycles. The summed E-state index contributed by atoms with van der Waals surface area (Å²) >= 11 is 6.42. The molecule has 4 rings (SSSR count). The molecule has 0 unspecified atom stereocenters. The minimum atomic E-state index is -0.815. The van der Waals surface area contributed by atoms with E-state index in [4.69, 9.17) is 26.8 Å². The van der Waals surface area contributed by atoms with Gasteiger partial charge in [-0.15, -0.1) is 0 Å². The molecule has 1 atom stereocenters. The van der Waals surface area contributed by atoms with Crippen LogP contribution in [0.3, 0.4) is 0 Å². The fraction of sp³-hybridized carbons (Fsp3) is 0.143. The van der Waals surface area contributed by atoms with E-state index in [1.165, 1.54) is 0 Å². The number of rotatable bonds is 3. The topological polar surface area (TPSA) is 94.4 Å². The Morgan fingerprint density at radius 3 is 2.68 bits per heavy atom. The van der Waals surface area contributed by atoms with Crippen LogP contribution in [0.5, 0.6) is 5.75 Å². The van der Waals surface area contributed by atoms with Gasteiger partial charge in [0.25, 0.3) is 5.56 Å². The largest absolute Gasteiger partial charge is 0.462 e. The lowest BCUT2D eigenvalue weighted by molar-refractivity contribution is -0.139. The van der Waals surface area contributed by atoms with Crippen molar-refractivity contribution < 1.29 is 14.3 Å². The molecule has 1 aliphatic rings. The maximum absolute atomic E-state index is 13.0. The SMILES string of the molecule is CCOC(=O)C1=C(N)Oc2c(c(=O)[nH]c3ccccc23)[C@@H]1c1ccccc1Cl. The third kappa shape index (κ3) is 2.82. The highest BCUT2D eigenvalue weighted by molar-refractivity contribution is 6.31. The Hall–Kier alpha value is -3.25. The van der Waals surface area contributed by atoms with Gasteiger partial charge in [0.2, 0.25) is 5.88 Å². The van der Waals surface area contributed by atoms with Gasteiger partial charge in [0.1, 0.15) is 11.3 Å². The maximum Gasteiger partial charge on any atom is 0.340 e. The number of benzene rings is 2. The third-order valence-electron chi connectivity index (χ3n) is 4.68. The molecular weight excluding hydrogens is 380 g/mol. The number of hydrogen-bond donors (Lipinski definition) is 2. The number of nitrogens with one attached hydrogen (secondary N) is 1. The van der Waals surface area contributed by atoms with E-state index in [-0.39, 0.29) is 29.2 Å². The van der Waals surface area contributed by atoms with Crippen molar-refractivity contribution in [2.24, 2.45) is 5.73 Å². The second-order valence-electron chi connectivity index (χ2n) is 6.30. The highest BCUT2D eigenvalue weighted by atomic mass is 35.5. The molecule has 3 N–H and O–H groups in total. The van der Waals surface area contributed by atoms with Gasteiger partial charge in [0, 0.05) is 10.4 Å². The van der Waals surface area contributed by atoms with Crippen molar-refractivity contribution in [1.82, 2.24) is 4.98 Å². The summed E-state index contributed by atoms with van der Waals surface area (Å²) in [5, 5.41) is 1.09. The molecule has 3 aromatic rings. The van der Waals surface area contributed by atoms with Gasteiger partial charge >= 0.3 is 5.97 Å². The summed E-state index contributed by atoms with van der Waals surface area (Å²) in [6, 6.07) is 14.2. The van der Waals surface area contributed by atoms with Crippen LogP contribution in [0, 0.1) is 0 Å². The number of carbonyl (C=O) groups is 1. The number of ether oxygens (including phenoxy) is 2. The third-order valence-corrected chi connectivity index (χ3v) is 5.02. The van der Waals surface area contributed by atoms with E-state index in [0.29, 0.717) is 27.2 Å². The van der Waals surface area contributed by atoms with Gasteiger partial charge in [0.05, 0.1) is 23.6 Å². The van der Waals surface area contributed by atoms with E-state index < -0.39 is 11.9 Å². The summed E-state index contributed by atoms with van der Waals surface area (Å²) in [7, 11) is 0. The number of carbonyl (C=O) groups excluding carboxylic acids is 1. The van der Waals surface area contributed by atoms with Crippen LogP contribution in [0.2, 0.25) is 5.02 Å². The van der Waals surface area contributed by atoms with E-state index in [1.807, 2.05) is 18.2 Å². The van der Waals surface area contributed by atoms with Crippen molar-refractivity contribution >= 4 is 28.5 Å². The molecule has 6 nitrogen and oxygen atoms in total. The van der Waals surface area contributed by atoms with E-state index in [1.54, 1.807) is 37.3 Å². The number of fused-ring (bicyclic) bond motifs is 3. The Morgan fingerprint density at radius 1 is 1.21 bits per heavy atom. The average molecular weight is 397 g/mol. The van der Waals surface area contributed by atoms with Crippen LogP contribution in [0.1, 0.15) is 24.0 Å². The summed E-state index contributed by atoms with van der Waals surface area (Å²) in [5.41, 5.74) is 7.27. The summed E-state index contributed by atoms with van der Waals surface area (Å²) in [4.78, 5) is 28.6. The van der Waals surface area contributed by atoms with Crippen LogP contribution in [-0.2, 0) is 9.53 Å². The number of halogens is 1. The molecule has 2 heterocycles. The Bertz CT molecular complexity index is 1180. The summed E-state index contributed by atoms with van der Waals surface area (Å²) < 4.78 is 11.0. The summed E-state index contributed by atoms with van der Waals surface area (Å²) in [6.45, 7) is 1.85. The molecule has 0 aliphatic carbocycles. The summed E-state index contributed by atoms with van der Waals surface area (Å²) in [5.74, 6) is -1.26. The lowest BCUT2D eigenvalue weighted by Gasteiger charge is -2.29. The molecule has 7 heteroatoms. The fourth-order valence-corrected chi connectivity index (χ4v) is 3.74. The number of para-hydroxylation sites is 1. The lowest BCUT2D eigenvalue weighted by Crippen LogP contribution is -2.32. The lowest BCUT2D eigenvalue weighted by atomic mass is 9.83. The first kappa shape index (κ1) is 18.1. The number of aromatic amines is 1. The first-order valence-corrected chi connectivity index (χ1v) is 9.14.